The third-order valence-electron chi connectivity index (χ3n) is 1.84. The van der Waals surface area contributed by atoms with Crippen molar-refractivity contribution in [1.82, 2.24) is 0 Å². The molecule has 0 bridgehead atoms. The zero-order chi connectivity index (χ0) is 13.2. The van der Waals surface area contributed by atoms with Crippen molar-refractivity contribution < 1.29 is 23.2 Å². The molecule has 0 atom stereocenters. The van der Waals surface area contributed by atoms with Crippen LogP contribution in [0.4, 0.5) is 14.5 Å². The largest absolute Gasteiger partial charge is 0.432 e. The van der Waals surface area contributed by atoms with Gasteiger partial charge in [-0.2, -0.15) is 8.78 Å². The zero-order valence-electron chi connectivity index (χ0n) is 8.45. The van der Waals surface area contributed by atoms with Gasteiger partial charge in [0.25, 0.3) is 5.69 Å². The Morgan fingerprint density at radius 2 is 2.12 bits per heavy atom. The number of alkyl halides is 2. The zero-order valence-corrected chi connectivity index (χ0v) is 9.20. The smallest absolute Gasteiger partial charge is 0.387 e. The van der Waals surface area contributed by atoms with Crippen molar-refractivity contribution in [2.75, 3.05) is 0 Å². The topological polar surface area (TPSA) is 69.4 Å². The molecule has 1 aromatic rings. The lowest BCUT2D eigenvalue weighted by atomic mass is 10.1. The summed E-state index contributed by atoms with van der Waals surface area (Å²) in [6.07, 6.45) is 0. The first-order chi connectivity index (χ1) is 7.84. The molecule has 0 radical (unpaired) electrons. The number of rotatable bonds is 4. The predicted molar refractivity (Wildman–Crippen MR) is 54.7 cm³/mol. The van der Waals surface area contributed by atoms with E-state index >= 15 is 0 Å². The van der Waals surface area contributed by atoms with Crippen LogP contribution in [0.25, 0.3) is 0 Å². The number of benzene rings is 1. The van der Waals surface area contributed by atoms with Crippen LogP contribution in [0.3, 0.4) is 0 Å². The number of halogens is 3. The van der Waals surface area contributed by atoms with Gasteiger partial charge in [0.1, 0.15) is 5.56 Å². The molecule has 1 aromatic carbocycles. The number of nitrogens with zero attached hydrogens (tertiary/aromatic N) is 1. The fraction of sp³-hybridized carbons (Fsp3) is 0.222. The van der Waals surface area contributed by atoms with E-state index in [-0.39, 0.29) is 5.02 Å². The highest BCUT2D eigenvalue weighted by molar-refractivity contribution is 6.33. The SMILES string of the molecule is CC(=O)c1c([N+](=O)[O-])ccc(Cl)c1OC(F)F. The van der Waals surface area contributed by atoms with E-state index in [1.165, 1.54) is 0 Å². The number of hydrogen-bond donors (Lipinski definition) is 0. The van der Waals surface area contributed by atoms with Crippen molar-refractivity contribution in [3.8, 4) is 5.75 Å². The summed E-state index contributed by atoms with van der Waals surface area (Å²) in [6, 6.07) is 1.97. The van der Waals surface area contributed by atoms with Crippen LogP contribution in [0.15, 0.2) is 12.1 Å². The van der Waals surface area contributed by atoms with Crippen LogP contribution in [0.1, 0.15) is 17.3 Å². The van der Waals surface area contributed by atoms with Crippen molar-refractivity contribution in [2.45, 2.75) is 13.5 Å². The van der Waals surface area contributed by atoms with E-state index < -0.39 is 34.3 Å². The van der Waals surface area contributed by atoms with Gasteiger partial charge >= 0.3 is 6.61 Å². The van der Waals surface area contributed by atoms with Crippen LogP contribution in [-0.4, -0.2) is 17.3 Å². The van der Waals surface area contributed by atoms with Gasteiger partial charge in [-0.05, 0) is 13.0 Å². The highest BCUT2D eigenvalue weighted by Crippen LogP contribution is 2.36. The van der Waals surface area contributed by atoms with Crippen LogP contribution < -0.4 is 4.74 Å². The van der Waals surface area contributed by atoms with Gasteiger partial charge in [-0.1, -0.05) is 11.6 Å². The number of hydrogen-bond acceptors (Lipinski definition) is 4. The van der Waals surface area contributed by atoms with Crippen LogP contribution in [0.2, 0.25) is 5.02 Å². The average molecular weight is 266 g/mol. The molecule has 5 nitrogen and oxygen atoms in total. The molecule has 0 aliphatic carbocycles. The molecule has 0 saturated heterocycles. The number of ketones is 1. The van der Waals surface area contributed by atoms with E-state index in [0.717, 1.165) is 19.1 Å². The maximum absolute atomic E-state index is 12.1. The highest BCUT2D eigenvalue weighted by atomic mass is 35.5. The molecule has 0 N–H and O–H groups in total. The molecule has 0 aliphatic heterocycles. The van der Waals surface area contributed by atoms with Gasteiger partial charge in [-0.3, -0.25) is 14.9 Å². The Labute approximate surface area is 99.1 Å². The van der Waals surface area contributed by atoms with E-state index in [4.69, 9.17) is 11.6 Å². The first-order valence-corrected chi connectivity index (χ1v) is 4.65. The summed E-state index contributed by atoms with van der Waals surface area (Å²) in [5.41, 5.74) is -1.19. The number of carbonyl (C=O) groups excluding carboxylic acids is 1. The summed E-state index contributed by atoms with van der Waals surface area (Å²) < 4.78 is 28.3. The van der Waals surface area contributed by atoms with Gasteiger partial charge in [0.15, 0.2) is 11.5 Å². The summed E-state index contributed by atoms with van der Waals surface area (Å²) in [7, 11) is 0. The molecule has 0 heterocycles. The summed E-state index contributed by atoms with van der Waals surface area (Å²) in [6.45, 7) is -2.23. The van der Waals surface area contributed by atoms with Crippen molar-refractivity contribution in [1.29, 1.82) is 0 Å². The first kappa shape index (κ1) is 13.3. The normalized spacial score (nSPS) is 10.4. The molecule has 1 rings (SSSR count). The fourth-order valence-electron chi connectivity index (χ4n) is 1.24. The van der Waals surface area contributed by atoms with E-state index in [0.29, 0.717) is 0 Å². The summed E-state index contributed by atoms with van der Waals surface area (Å²) in [5, 5.41) is 10.4. The summed E-state index contributed by atoms with van der Waals surface area (Å²) in [4.78, 5) is 21.0. The van der Waals surface area contributed by atoms with Crippen molar-refractivity contribution >= 4 is 23.1 Å². The Morgan fingerprint density at radius 3 is 2.53 bits per heavy atom. The van der Waals surface area contributed by atoms with Crippen LogP contribution in [0.5, 0.6) is 5.75 Å². The molecule has 17 heavy (non-hydrogen) atoms. The third kappa shape index (κ3) is 2.88. The minimum atomic E-state index is -3.23. The Kier molecular flexibility index (Phi) is 3.95. The lowest BCUT2D eigenvalue weighted by molar-refractivity contribution is -0.385. The van der Waals surface area contributed by atoms with Gasteiger partial charge in [-0.15, -0.1) is 0 Å². The van der Waals surface area contributed by atoms with Gasteiger partial charge in [-0.25, -0.2) is 0 Å². The first-order valence-electron chi connectivity index (χ1n) is 4.27. The number of nitro benzene ring substituents is 1. The van der Waals surface area contributed by atoms with Crippen molar-refractivity contribution in [3.05, 3.63) is 32.8 Å². The molecule has 8 heteroatoms. The van der Waals surface area contributed by atoms with E-state index in [1.807, 2.05) is 0 Å². The average Bonchev–Trinajstić information content (AvgIpc) is 2.19. The van der Waals surface area contributed by atoms with E-state index in [2.05, 4.69) is 4.74 Å². The number of carbonyl (C=O) groups is 1. The standard InChI is InChI=1S/C9H6ClF2NO4/c1-4(14)7-6(13(15)16)3-2-5(10)8(7)17-9(11)12/h2-3,9H,1H3. The van der Waals surface area contributed by atoms with Crippen LogP contribution >= 0.6 is 11.6 Å². The Hall–Kier alpha value is -1.76. The predicted octanol–water partition coefficient (Wildman–Crippen LogP) is 3.05. The van der Waals surface area contributed by atoms with Gasteiger partial charge in [0.05, 0.1) is 9.95 Å². The number of Topliss-reactive ketones (excluding diaryl/α,β-unsaturated/α-hetero) is 1. The fourth-order valence-corrected chi connectivity index (χ4v) is 1.45. The van der Waals surface area contributed by atoms with Crippen molar-refractivity contribution in [2.24, 2.45) is 0 Å². The minimum Gasteiger partial charge on any atom is -0.432 e. The molecular weight excluding hydrogens is 260 g/mol. The molecule has 0 amide bonds. The minimum absolute atomic E-state index is 0.291. The van der Waals surface area contributed by atoms with Crippen LogP contribution in [0, 0.1) is 10.1 Å². The van der Waals surface area contributed by atoms with E-state index in [1.54, 1.807) is 0 Å². The second-order valence-electron chi connectivity index (χ2n) is 2.96. The third-order valence-corrected chi connectivity index (χ3v) is 2.14. The molecule has 0 aromatic heterocycles. The quantitative estimate of drug-likeness (QED) is 0.477. The number of ether oxygens (including phenoxy) is 1. The summed E-state index contributed by atoms with van der Waals surface area (Å²) in [5.74, 6) is -1.46. The second-order valence-corrected chi connectivity index (χ2v) is 3.37. The maximum atomic E-state index is 12.1. The molecule has 92 valence electrons. The lowest BCUT2D eigenvalue weighted by Crippen LogP contribution is -2.09. The Morgan fingerprint density at radius 1 is 1.53 bits per heavy atom. The second kappa shape index (κ2) is 5.05. The van der Waals surface area contributed by atoms with Gasteiger partial charge < -0.3 is 4.74 Å². The molecule has 0 fully saturated rings. The van der Waals surface area contributed by atoms with Gasteiger partial charge in [0, 0.05) is 6.07 Å². The molecule has 0 saturated carbocycles. The molecule has 0 spiro atoms. The lowest BCUT2D eigenvalue weighted by Gasteiger charge is -2.10. The monoisotopic (exact) mass is 265 g/mol. The number of nitro groups is 1. The molecule has 0 aliphatic rings. The maximum Gasteiger partial charge on any atom is 0.387 e. The Bertz CT molecular complexity index is 478. The van der Waals surface area contributed by atoms with Gasteiger partial charge in [0.2, 0.25) is 0 Å². The summed E-state index contributed by atoms with van der Waals surface area (Å²) >= 11 is 5.56. The molecule has 0 unspecified atom stereocenters. The molecular formula is C9H6ClF2NO4. The van der Waals surface area contributed by atoms with E-state index in [9.17, 15) is 23.7 Å². The Balaban J connectivity index is 3.48. The van der Waals surface area contributed by atoms with Crippen molar-refractivity contribution in [3.63, 3.8) is 0 Å². The highest BCUT2D eigenvalue weighted by Gasteiger charge is 2.26. The van der Waals surface area contributed by atoms with Crippen LogP contribution in [-0.2, 0) is 0 Å².